The summed E-state index contributed by atoms with van der Waals surface area (Å²) in [6, 6.07) is 47.5. The monoisotopic (exact) mass is 820 g/mol. The van der Waals surface area contributed by atoms with Crippen LogP contribution < -0.4 is 9.64 Å². The van der Waals surface area contributed by atoms with E-state index in [0.29, 0.717) is 23.0 Å². The van der Waals surface area contributed by atoms with Crippen molar-refractivity contribution < 1.29 is 30.2 Å². The van der Waals surface area contributed by atoms with Crippen molar-refractivity contribution in [2.24, 2.45) is 0 Å². The maximum Gasteiger partial charge on any atom is 2.00 e. The van der Waals surface area contributed by atoms with Gasteiger partial charge in [-0.15, -0.1) is 71.8 Å². The molecule has 0 aliphatic carbocycles. The molecule has 0 N–H and O–H groups in total. The molecule has 0 radical (unpaired) electrons. The van der Waals surface area contributed by atoms with Gasteiger partial charge in [-0.25, -0.2) is 0 Å². The Labute approximate surface area is 301 Å². The summed E-state index contributed by atoms with van der Waals surface area (Å²) in [5, 5.41) is 0.901. The summed E-state index contributed by atoms with van der Waals surface area (Å²) in [6.07, 6.45) is 0. The number of hydrogen-bond acceptors (Lipinski definition) is 5. The van der Waals surface area contributed by atoms with E-state index in [1.165, 1.54) is 5.56 Å². The van der Waals surface area contributed by atoms with Crippen LogP contribution in [0.2, 0.25) is 0 Å². The average molecular weight is 821 g/mol. The molecule has 1 aliphatic heterocycles. The minimum atomic E-state index is -0.420. The Morgan fingerprint density at radius 2 is 1.43 bits per heavy atom. The van der Waals surface area contributed by atoms with Crippen LogP contribution in [0, 0.1) is 12.1 Å². The third-order valence-electron chi connectivity index (χ3n) is 9.07. The average Bonchev–Trinajstić information content (AvgIpc) is 3.49. The number of benzene rings is 4. The SMILES string of the molecule is CC(C)(C)c1ccc(-c2[c-]cccc2)nc1Oc1cc2c3c(oc2c(-c2[c-]cccc2)n1)C(C)(C)c1ccccc1N3c1ccccc1.[Pt+2]. The number of aromatic nitrogens is 2. The van der Waals surface area contributed by atoms with Crippen LogP contribution in [0.5, 0.6) is 11.8 Å². The molecule has 3 aromatic heterocycles. The minimum absolute atomic E-state index is 0. The Kier molecular flexibility index (Phi) is 8.29. The molecule has 5 nitrogen and oxygen atoms in total. The number of hydrogen-bond donors (Lipinski definition) is 0. The molecular formula is C43H35N3O2Pt. The smallest absolute Gasteiger partial charge is 0.465 e. The molecule has 6 heteroatoms. The molecule has 0 unspecified atom stereocenters. The van der Waals surface area contributed by atoms with Gasteiger partial charge in [0.25, 0.3) is 0 Å². The van der Waals surface area contributed by atoms with E-state index >= 15 is 0 Å². The number of furan rings is 1. The molecular weight excluding hydrogens is 786 g/mol. The van der Waals surface area contributed by atoms with Gasteiger partial charge in [-0.1, -0.05) is 69.3 Å². The van der Waals surface area contributed by atoms with Gasteiger partial charge in [-0.05, 0) is 48.7 Å². The maximum atomic E-state index is 6.96. The molecule has 1 aliphatic rings. The number of rotatable bonds is 5. The second-order valence-corrected chi connectivity index (χ2v) is 13.7. The summed E-state index contributed by atoms with van der Waals surface area (Å²) in [4.78, 5) is 12.5. The van der Waals surface area contributed by atoms with Crippen LogP contribution in [0.25, 0.3) is 33.5 Å². The number of pyridine rings is 2. The van der Waals surface area contributed by atoms with Crippen molar-refractivity contribution in [3.63, 3.8) is 0 Å². The number of para-hydroxylation sites is 2. The van der Waals surface area contributed by atoms with E-state index in [4.69, 9.17) is 19.1 Å². The number of nitrogens with zero attached hydrogens (tertiary/aromatic N) is 3. The van der Waals surface area contributed by atoms with E-state index < -0.39 is 5.41 Å². The zero-order valence-corrected chi connectivity index (χ0v) is 30.3. The molecule has 8 rings (SSSR count). The van der Waals surface area contributed by atoms with Crippen LogP contribution in [0.4, 0.5) is 17.1 Å². The van der Waals surface area contributed by atoms with Crippen molar-refractivity contribution in [1.29, 1.82) is 0 Å². The van der Waals surface area contributed by atoms with Crippen LogP contribution in [-0.4, -0.2) is 9.97 Å². The fourth-order valence-electron chi connectivity index (χ4n) is 6.66. The van der Waals surface area contributed by atoms with E-state index in [1.807, 2.05) is 66.7 Å². The molecule has 0 bridgehead atoms. The minimum Gasteiger partial charge on any atom is -0.465 e. The summed E-state index contributed by atoms with van der Waals surface area (Å²) in [7, 11) is 0. The summed E-state index contributed by atoms with van der Waals surface area (Å²) in [6.45, 7) is 10.9. The first-order valence-corrected chi connectivity index (χ1v) is 16.3. The fourth-order valence-corrected chi connectivity index (χ4v) is 6.66. The Morgan fingerprint density at radius 3 is 2.12 bits per heavy atom. The molecule has 0 spiro atoms. The topological polar surface area (TPSA) is 51.4 Å². The van der Waals surface area contributed by atoms with E-state index in [0.717, 1.165) is 50.6 Å². The third kappa shape index (κ3) is 5.66. The molecule has 244 valence electrons. The van der Waals surface area contributed by atoms with E-state index in [9.17, 15) is 0 Å². The Hall–Kier alpha value is -4.99. The Bertz CT molecular complexity index is 2270. The molecule has 0 saturated heterocycles. The fraction of sp³-hybridized carbons (Fsp3) is 0.163. The first-order valence-electron chi connectivity index (χ1n) is 16.3. The Balaban J connectivity index is 0.00000378. The van der Waals surface area contributed by atoms with Crippen molar-refractivity contribution in [2.45, 2.75) is 45.4 Å². The van der Waals surface area contributed by atoms with Gasteiger partial charge in [0.2, 0.25) is 11.8 Å². The molecule has 49 heavy (non-hydrogen) atoms. The molecule has 0 amide bonds. The van der Waals surface area contributed by atoms with Crippen LogP contribution in [0.1, 0.15) is 51.5 Å². The molecule has 4 heterocycles. The van der Waals surface area contributed by atoms with E-state index in [1.54, 1.807) is 0 Å². The third-order valence-corrected chi connectivity index (χ3v) is 9.07. The van der Waals surface area contributed by atoms with Gasteiger partial charge >= 0.3 is 21.1 Å². The predicted molar refractivity (Wildman–Crippen MR) is 192 cm³/mol. The number of fused-ring (bicyclic) bond motifs is 4. The van der Waals surface area contributed by atoms with Gasteiger partial charge in [0.1, 0.15) is 11.3 Å². The van der Waals surface area contributed by atoms with Crippen molar-refractivity contribution >= 4 is 28.0 Å². The Morgan fingerprint density at radius 1 is 0.755 bits per heavy atom. The van der Waals surface area contributed by atoms with Gasteiger partial charge in [0.05, 0.1) is 16.8 Å². The van der Waals surface area contributed by atoms with E-state index in [2.05, 4.69) is 106 Å². The molecule has 7 aromatic rings. The van der Waals surface area contributed by atoms with Crippen LogP contribution in [0.15, 0.2) is 126 Å². The van der Waals surface area contributed by atoms with Crippen molar-refractivity contribution in [1.82, 2.24) is 9.97 Å². The van der Waals surface area contributed by atoms with E-state index in [-0.39, 0.29) is 26.5 Å². The van der Waals surface area contributed by atoms with Gasteiger partial charge in [0.15, 0.2) is 0 Å². The summed E-state index contributed by atoms with van der Waals surface area (Å²) >= 11 is 0. The second-order valence-electron chi connectivity index (χ2n) is 13.7. The van der Waals surface area contributed by atoms with Gasteiger partial charge in [-0.2, -0.15) is 0 Å². The van der Waals surface area contributed by atoms with Crippen molar-refractivity contribution in [2.75, 3.05) is 4.90 Å². The first-order chi connectivity index (χ1) is 23.2. The van der Waals surface area contributed by atoms with Crippen LogP contribution in [-0.2, 0) is 31.9 Å². The largest absolute Gasteiger partial charge is 2.00 e. The maximum absolute atomic E-state index is 6.96. The van der Waals surface area contributed by atoms with Gasteiger partial charge in [-0.3, -0.25) is 9.97 Å². The first kappa shape index (κ1) is 32.6. The van der Waals surface area contributed by atoms with Gasteiger partial charge in [0, 0.05) is 28.4 Å². The van der Waals surface area contributed by atoms with Gasteiger partial charge < -0.3 is 14.1 Å². The second kappa shape index (κ2) is 12.5. The zero-order valence-electron chi connectivity index (χ0n) is 28.0. The standard InChI is InChI=1S/C43H35N3O2.Pt/c1-42(2,3)33-25-26-34(28-17-9-6-10-18-28)44-41(33)47-36-27-31-38-40(48-39(31)37(45-36)29-19-11-7-12-20-29)43(4,5)32-23-15-16-24-35(32)46(38)30-21-13-8-14-22-30;/h6-17,19,21-27H,1-5H3;/q-2;+2. The molecule has 0 saturated carbocycles. The normalized spacial score (nSPS) is 13.4. The zero-order chi connectivity index (χ0) is 33.0. The quantitative estimate of drug-likeness (QED) is 0.162. The molecule has 0 atom stereocenters. The number of anilines is 3. The molecule has 4 aromatic carbocycles. The van der Waals surface area contributed by atoms with Crippen molar-refractivity contribution in [3.05, 3.63) is 150 Å². The summed E-state index contributed by atoms with van der Waals surface area (Å²) in [5.41, 5.74) is 8.49. The number of ether oxygens (including phenoxy) is 1. The van der Waals surface area contributed by atoms with Crippen LogP contribution in [0.3, 0.4) is 0 Å². The van der Waals surface area contributed by atoms with Crippen LogP contribution >= 0.6 is 0 Å². The summed E-state index contributed by atoms with van der Waals surface area (Å²) < 4.78 is 13.7. The molecule has 0 fully saturated rings. The predicted octanol–water partition coefficient (Wildman–Crippen LogP) is 11.4. The summed E-state index contributed by atoms with van der Waals surface area (Å²) in [5.74, 6) is 1.80. The van der Waals surface area contributed by atoms with Crippen molar-refractivity contribution in [3.8, 4) is 34.3 Å².